The molecule has 0 aromatic carbocycles. The molecule has 2 atom stereocenters. The van der Waals surface area contributed by atoms with E-state index >= 15 is 0 Å². The van der Waals surface area contributed by atoms with Gasteiger partial charge in [0.1, 0.15) is 5.92 Å². The number of amides is 1. The molecule has 1 heterocycles. The van der Waals surface area contributed by atoms with Gasteiger partial charge in [0.2, 0.25) is 5.91 Å². The van der Waals surface area contributed by atoms with Crippen LogP contribution < -0.4 is 0 Å². The zero-order chi connectivity index (χ0) is 12.3. The summed E-state index contributed by atoms with van der Waals surface area (Å²) in [6.45, 7) is 4.46. The summed E-state index contributed by atoms with van der Waals surface area (Å²) in [4.78, 5) is 24.2. The molecular weight excluding hydrogens is 210 g/mol. The molecule has 0 radical (unpaired) electrons. The van der Waals surface area contributed by atoms with Crippen LogP contribution in [0.2, 0.25) is 0 Å². The van der Waals surface area contributed by atoms with Gasteiger partial charge in [-0.3, -0.25) is 9.59 Å². The van der Waals surface area contributed by atoms with Crippen LogP contribution in [-0.4, -0.2) is 47.7 Å². The molecule has 0 saturated carbocycles. The van der Waals surface area contributed by atoms with Crippen LogP contribution in [0.4, 0.5) is 0 Å². The van der Waals surface area contributed by atoms with Gasteiger partial charge in [-0.15, -0.1) is 0 Å². The van der Waals surface area contributed by atoms with Gasteiger partial charge in [-0.05, 0) is 26.7 Å². The molecule has 2 unspecified atom stereocenters. The van der Waals surface area contributed by atoms with Crippen molar-refractivity contribution in [2.75, 3.05) is 20.2 Å². The van der Waals surface area contributed by atoms with Gasteiger partial charge >= 0.3 is 5.97 Å². The number of methoxy groups -OCH3 is 1. The fourth-order valence-electron chi connectivity index (χ4n) is 1.94. The molecule has 0 aromatic rings. The number of likely N-dealkylation sites (tertiary alicyclic amines) is 1. The monoisotopic (exact) mass is 229 g/mol. The Balaban J connectivity index is 2.67. The number of ether oxygens (including phenoxy) is 1. The number of hydrogen-bond donors (Lipinski definition) is 1. The van der Waals surface area contributed by atoms with E-state index in [4.69, 9.17) is 9.84 Å². The largest absolute Gasteiger partial charge is 0.481 e. The topological polar surface area (TPSA) is 66.8 Å². The maximum absolute atomic E-state index is 11.8. The van der Waals surface area contributed by atoms with Gasteiger partial charge < -0.3 is 14.7 Å². The molecule has 5 nitrogen and oxygen atoms in total. The highest BCUT2D eigenvalue weighted by molar-refractivity contribution is 5.96. The average Bonchev–Trinajstić information content (AvgIpc) is 2.27. The summed E-state index contributed by atoms with van der Waals surface area (Å²) in [5.41, 5.74) is -0.341. The minimum absolute atomic E-state index is 0.324. The van der Waals surface area contributed by atoms with Gasteiger partial charge in [-0.25, -0.2) is 0 Å². The number of carboxylic acids is 1. The molecule has 1 fully saturated rings. The van der Waals surface area contributed by atoms with E-state index in [0.717, 1.165) is 12.8 Å². The zero-order valence-electron chi connectivity index (χ0n) is 10.0. The van der Waals surface area contributed by atoms with Gasteiger partial charge in [0.25, 0.3) is 0 Å². The quantitative estimate of drug-likeness (QED) is 0.725. The first-order valence-corrected chi connectivity index (χ1v) is 5.46. The van der Waals surface area contributed by atoms with Crippen molar-refractivity contribution >= 4 is 11.9 Å². The lowest BCUT2D eigenvalue weighted by atomic mass is 9.94. The number of hydrogen-bond acceptors (Lipinski definition) is 3. The van der Waals surface area contributed by atoms with Crippen LogP contribution in [0.1, 0.15) is 26.7 Å². The average molecular weight is 229 g/mol. The van der Waals surface area contributed by atoms with Crippen molar-refractivity contribution in [2.24, 2.45) is 5.92 Å². The first kappa shape index (κ1) is 13.0. The summed E-state index contributed by atoms with van der Waals surface area (Å²) >= 11 is 0. The smallest absolute Gasteiger partial charge is 0.315 e. The van der Waals surface area contributed by atoms with Crippen LogP contribution >= 0.6 is 0 Å². The summed E-state index contributed by atoms with van der Waals surface area (Å²) in [6.07, 6.45) is 1.75. The van der Waals surface area contributed by atoms with E-state index < -0.39 is 11.9 Å². The Morgan fingerprint density at radius 2 is 2.12 bits per heavy atom. The Hall–Kier alpha value is -1.10. The molecule has 1 N–H and O–H groups in total. The molecule has 16 heavy (non-hydrogen) atoms. The number of rotatable bonds is 3. The van der Waals surface area contributed by atoms with E-state index in [1.807, 2.05) is 6.92 Å². The predicted octanol–water partition coefficient (Wildman–Crippen LogP) is 0.735. The number of carbonyl (C=O) groups is 2. The number of carbonyl (C=O) groups excluding carboxylic acids is 1. The van der Waals surface area contributed by atoms with Crippen molar-refractivity contribution in [1.82, 2.24) is 4.90 Å². The zero-order valence-corrected chi connectivity index (χ0v) is 10.0. The number of piperidine rings is 1. The third kappa shape index (κ3) is 2.72. The number of aliphatic carboxylic acids is 1. The molecule has 0 spiro atoms. The Labute approximate surface area is 95.4 Å². The Morgan fingerprint density at radius 3 is 2.62 bits per heavy atom. The SMILES string of the molecule is COC1(C)CCCN(C(=O)C(C)C(=O)O)C1. The minimum atomic E-state index is -1.07. The highest BCUT2D eigenvalue weighted by Gasteiger charge is 2.35. The van der Waals surface area contributed by atoms with Crippen molar-refractivity contribution in [2.45, 2.75) is 32.3 Å². The summed E-state index contributed by atoms with van der Waals surface area (Å²) in [5, 5.41) is 8.79. The molecule has 5 heteroatoms. The van der Waals surface area contributed by atoms with Crippen molar-refractivity contribution in [3.8, 4) is 0 Å². The highest BCUT2D eigenvalue weighted by Crippen LogP contribution is 2.24. The van der Waals surface area contributed by atoms with Crippen LogP contribution in [0, 0.1) is 5.92 Å². The second kappa shape index (κ2) is 4.82. The van der Waals surface area contributed by atoms with Crippen LogP contribution in [-0.2, 0) is 14.3 Å². The molecule has 1 aliphatic rings. The Kier molecular flexibility index (Phi) is 3.91. The maximum atomic E-state index is 11.8. The third-order valence-corrected chi connectivity index (χ3v) is 3.20. The predicted molar refractivity (Wildman–Crippen MR) is 58.0 cm³/mol. The molecule has 1 rings (SSSR count). The van der Waals surface area contributed by atoms with Crippen molar-refractivity contribution < 1.29 is 19.4 Å². The lowest BCUT2D eigenvalue weighted by Crippen LogP contribution is -2.51. The van der Waals surface area contributed by atoms with Crippen LogP contribution in [0.3, 0.4) is 0 Å². The summed E-state index contributed by atoms with van der Waals surface area (Å²) in [5.74, 6) is -2.37. The summed E-state index contributed by atoms with van der Waals surface area (Å²) < 4.78 is 5.36. The second-order valence-corrected chi connectivity index (χ2v) is 4.58. The van der Waals surface area contributed by atoms with Gasteiger partial charge in [0.05, 0.1) is 5.60 Å². The van der Waals surface area contributed by atoms with Gasteiger partial charge in [-0.1, -0.05) is 0 Å². The summed E-state index contributed by atoms with van der Waals surface area (Å²) in [6, 6.07) is 0. The van der Waals surface area contributed by atoms with Crippen molar-refractivity contribution in [3.05, 3.63) is 0 Å². The maximum Gasteiger partial charge on any atom is 0.315 e. The molecule has 0 bridgehead atoms. The van der Waals surface area contributed by atoms with Gasteiger partial charge in [0.15, 0.2) is 0 Å². The standard InChI is InChI=1S/C11H19NO4/c1-8(10(14)15)9(13)12-6-4-5-11(2,7-12)16-3/h8H,4-7H2,1-3H3,(H,14,15). The normalized spacial score (nSPS) is 27.6. The van der Waals surface area contributed by atoms with Crippen LogP contribution in [0.25, 0.3) is 0 Å². The number of nitrogens with zero attached hydrogens (tertiary/aromatic N) is 1. The van der Waals surface area contributed by atoms with E-state index in [-0.39, 0.29) is 11.5 Å². The highest BCUT2D eigenvalue weighted by atomic mass is 16.5. The molecule has 1 amide bonds. The third-order valence-electron chi connectivity index (χ3n) is 3.20. The number of carboxylic acid groups (broad SMARTS) is 1. The van der Waals surface area contributed by atoms with E-state index in [9.17, 15) is 9.59 Å². The summed E-state index contributed by atoms with van der Waals surface area (Å²) in [7, 11) is 1.62. The molecule has 0 aromatic heterocycles. The van der Waals surface area contributed by atoms with Crippen molar-refractivity contribution in [1.29, 1.82) is 0 Å². The fourth-order valence-corrected chi connectivity index (χ4v) is 1.94. The van der Waals surface area contributed by atoms with E-state index in [0.29, 0.717) is 13.1 Å². The molecular formula is C11H19NO4. The van der Waals surface area contributed by atoms with Crippen molar-refractivity contribution in [3.63, 3.8) is 0 Å². The fraction of sp³-hybridized carbons (Fsp3) is 0.818. The minimum Gasteiger partial charge on any atom is -0.481 e. The lowest BCUT2D eigenvalue weighted by Gasteiger charge is -2.40. The van der Waals surface area contributed by atoms with Gasteiger partial charge in [0, 0.05) is 20.2 Å². The van der Waals surface area contributed by atoms with Crippen LogP contribution in [0.5, 0.6) is 0 Å². The Bertz CT molecular complexity index is 292. The van der Waals surface area contributed by atoms with Crippen LogP contribution in [0.15, 0.2) is 0 Å². The van der Waals surface area contributed by atoms with E-state index in [1.165, 1.54) is 6.92 Å². The molecule has 1 aliphatic heterocycles. The second-order valence-electron chi connectivity index (χ2n) is 4.58. The van der Waals surface area contributed by atoms with E-state index in [2.05, 4.69) is 0 Å². The molecule has 1 saturated heterocycles. The first-order chi connectivity index (χ1) is 7.39. The molecule has 0 aliphatic carbocycles. The van der Waals surface area contributed by atoms with Gasteiger partial charge in [-0.2, -0.15) is 0 Å². The molecule has 92 valence electrons. The lowest BCUT2D eigenvalue weighted by molar-refractivity contribution is -0.154. The Morgan fingerprint density at radius 1 is 1.50 bits per heavy atom. The first-order valence-electron chi connectivity index (χ1n) is 5.46. The van der Waals surface area contributed by atoms with E-state index in [1.54, 1.807) is 12.0 Å².